The van der Waals surface area contributed by atoms with Crippen LogP contribution in [-0.2, 0) is 6.54 Å². The summed E-state index contributed by atoms with van der Waals surface area (Å²) in [5.41, 5.74) is 6.85. The van der Waals surface area contributed by atoms with E-state index in [2.05, 4.69) is 125 Å². The number of nitrogens with zero attached hydrogens (tertiary/aromatic N) is 2. The van der Waals surface area contributed by atoms with Crippen molar-refractivity contribution in [3.8, 4) is 22.4 Å². The molecule has 1 N–H and O–H groups in total. The van der Waals surface area contributed by atoms with Crippen LogP contribution >= 0.6 is 0 Å². The van der Waals surface area contributed by atoms with Gasteiger partial charge in [-0.15, -0.1) is 6.58 Å². The Bertz CT molecular complexity index is 1710. The van der Waals surface area contributed by atoms with Crippen LogP contribution in [0.5, 0.6) is 0 Å². The normalized spacial score (nSPS) is 12.0. The lowest BCUT2D eigenvalue weighted by molar-refractivity contribution is 0.162. The molecule has 0 saturated carbocycles. The van der Waals surface area contributed by atoms with Gasteiger partial charge in [0.05, 0.1) is 23.9 Å². The predicted molar refractivity (Wildman–Crippen MR) is 165 cm³/mol. The number of aliphatic hydroxyl groups is 1. The van der Waals surface area contributed by atoms with Crippen LogP contribution in [0.25, 0.3) is 44.1 Å². The third-order valence-electron chi connectivity index (χ3n) is 7.35. The SMILES string of the molecule is C=CCN(C[C@H](O)Cn1c(-c2ccccc2)c(-c2ccccc2)c2ccc3ccccc3c21)c1ccccc1. The highest BCUT2D eigenvalue weighted by Crippen LogP contribution is 2.43. The largest absolute Gasteiger partial charge is 0.389 e. The highest BCUT2D eigenvalue weighted by Gasteiger charge is 2.24. The summed E-state index contributed by atoms with van der Waals surface area (Å²) in [4.78, 5) is 2.18. The van der Waals surface area contributed by atoms with Crippen LogP contribution < -0.4 is 4.90 Å². The molecule has 6 aromatic rings. The van der Waals surface area contributed by atoms with Crippen LogP contribution in [0.15, 0.2) is 140 Å². The Kier molecular flexibility index (Phi) is 6.99. The molecule has 192 valence electrons. The van der Waals surface area contributed by atoms with Crippen molar-refractivity contribution in [1.29, 1.82) is 0 Å². The predicted octanol–water partition coefficient (Wildman–Crippen LogP) is 8.18. The van der Waals surface area contributed by atoms with E-state index in [-0.39, 0.29) is 0 Å². The Morgan fingerprint density at radius 3 is 2.00 bits per heavy atom. The van der Waals surface area contributed by atoms with E-state index in [9.17, 15) is 5.11 Å². The van der Waals surface area contributed by atoms with Gasteiger partial charge in [0.25, 0.3) is 0 Å². The molecule has 0 fully saturated rings. The monoisotopic (exact) mass is 508 g/mol. The van der Waals surface area contributed by atoms with Gasteiger partial charge in [0, 0.05) is 35.1 Å². The van der Waals surface area contributed by atoms with Gasteiger partial charge in [0.15, 0.2) is 0 Å². The minimum atomic E-state index is -0.606. The molecule has 0 bridgehead atoms. The second-order valence-corrected chi connectivity index (χ2v) is 9.93. The third kappa shape index (κ3) is 4.85. The van der Waals surface area contributed by atoms with Crippen molar-refractivity contribution in [2.75, 3.05) is 18.0 Å². The molecule has 0 aliphatic carbocycles. The van der Waals surface area contributed by atoms with Gasteiger partial charge in [0.1, 0.15) is 0 Å². The van der Waals surface area contributed by atoms with Crippen molar-refractivity contribution < 1.29 is 5.11 Å². The average molecular weight is 509 g/mol. The molecule has 6 rings (SSSR count). The lowest BCUT2D eigenvalue weighted by Gasteiger charge is -2.27. The summed E-state index contributed by atoms with van der Waals surface area (Å²) < 4.78 is 2.34. The first-order valence-corrected chi connectivity index (χ1v) is 13.5. The van der Waals surface area contributed by atoms with Crippen molar-refractivity contribution in [1.82, 2.24) is 4.57 Å². The van der Waals surface area contributed by atoms with Crippen LogP contribution in [0, 0.1) is 0 Å². The smallest absolute Gasteiger partial charge is 0.0893 e. The van der Waals surface area contributed by atoms with Gasteiger partial charge < -0.3 is 14.6 Å². The van der Waals surface area contributed by atoms with Gasteiger partial charge in [-0.3, -0.25) is 0 Å². The molecule has 0 saturated heterocycles. The second-order valence-electron chi connectivity index (χ2n) is 9.93. The summed E-state index contributed by atoms with van der Waals surface area (Å²) >= 11 is 0. The zero-order chi connectivity index (χ0) is 26.6. The Balaban J connectivity index is 1.56. The quantitative estimate of drug-likeness (QED) is 0.200. The van der Waals surface area contributed by atoms with Crippen LogP contribution in [-0.4, -0.2) is 28.9 Å². The van der Waals surface area contributed by atoms with Gasteiger partial charge in [-0.25, -0.2) is 0 Å². The molecule has 39 heavy (non-hydrogen) atoms. The summed E-state index contributed by atoms with van der Waals surface area (Å²) in [7, 11) is 0. The van der Waals surface area contributed by atoms with Gasteiger partial charge in [-0.2, -0.15) is 0 Å². The van der Waals surface area contributed by atoms with Gasteiger partial charge >= 0.3 is 0 Å². The van der Waals surface area contributed by atoms with E-state index < -0.39 is 6.10 Å². The van der Waals surface area contributed by atoms with Crippen LogP contribution in [0.1, 0.15) is 0 Å². The summed E-state index contributed by atoms with van der Waals surface area (Å²) in [6, 6.07) is 44.4. The van der Waals surface area contributed by atoms with E-state index in [1.807, 2.05) is 24.3 Å². The summed E-state index contributed by atoms with van der Waals surface area (Å²) in [6.07, 6.45) is 1.28. The van der Waals surface area contributed by atoms with E-state index in [1.165, 1.54) is 27.3 Å². The molecule has 0 unspecified atom stereocenters. The Hall–Kier alpha value is -4.60. The summed E-state index contributed by atoms with van der Waals surface area (Å²) in [5.74, 6) is 0. The summed E-state index contributed by atoms with van der Waals surface area (Å²) in [5, 5.41) is 15.2. The number of benzene rings is 5. The number of fused-ring (bicyclic) bond motifs is 3. The van der Waals surface area contributed by atoms with E-state index in [4.69, 9.17) is 0 Å². The van der Waals surface area contributed by atoms with E-state index in [0.29, 0.717) is 19.6 Å². The molecule has 3 heteroatoms. The van der Waals surface area contributed by atoms with Crippen molar-refractivity contribution in [3.63, 3.8) is 0 Å². The lowest BCUT2D eigenvalue weighted by Crippen LogP contribution is -2.35. The molecule has 0 aliphatic heterocycles. The molecule has 0 aliphatic rings. The maximum atomic E-state index is 11.6. The average Bonchev–Trinajstić information content (AvgIpc) is 3.32. The minimum absolute atomic E-state index is 0.460. The maximum Gasteiger partial charge on any atom is 0.0893 e. The zero-order valence-corrected chi connectivity index (χ0v) is 21.9. The van der Waals surface area contributed by atoms with Gasteiger partial charge in [0.2, 0.25) is 0 Å². The van der Waals surface area contributed by atoms with Crippen molar-refractivity contribution in [2.24, 2.45) is 0 Å². The summed E-state index contributed by atoms with van der Waals surface area (Å²) in [6.45, 7) is 5.57. The van der Waals surface area contributed by atoms with Crippen LogP contribution in [0.2, 0.25) is 0 Å². The fourth-order valence-corrected chi connectivity index (χ4v) is 5.70. The molecule has 3 nitrogen and oxygen atoms in total. The van der Waals surface area contributed by atoms with Crippen molar-refractivity contribution in [2.45, 2.75) is 12.6 Å². The van der Waals surface area contributed by atoms with E-state index >= 15 is 0 Å². The maximum absolute atomic E-state index is 11.6. The van der Waals surface area contributed by atoms with E-state index in [0.717, 1.165) is 22.5 Å². The fourth-order valence-electron chi connectivity index (χ4n) is 5.70. The highest BCUT2D eigenvalue weighted by molar-refractivity contribution is 6.15. The standard InChI is InChI=1S/C36H32N2O/c1-2-24-37(30-19-10-5-11-20-30)25-31(39)26-38-35(29-17-8-4-9-18-29)34(28-15-6-3-7-16-28)33-23-22-27-14-12-13-21-32(27)36(33)38/h2-23,31,39H,1,24-26H2/t31-/m0/s1. The Labute approximate surface area is 229 Å². The first kappa shape index (κ1) is 24.7. The van der Waals surface area contributed by atoms with Crippen LogP contribution in [0.3, 0.4) is 0 Å². The molecule has 0 amide bonds. The zero-order valence-electron chi connectivity index (χ0n) is 21.9. The molecular weight excluding hydrogens is 476 g/mol. The molecular formula is C36H32N2O. The topological polar surface area (TPSA) is 28.4 Å². The molecule has 1 aromatic heterocycles. The number of aliphatic hydroxyl groups excluding tert-OH is 1. The van der Waals surface area contributed by atoms with Crippen LogP contribution in [0.4, 0.5) is 5.69 Å². The van der Waals surface area contributed by atoms with Crippen molar-refractivity contribution in [3.05, 3.63) is 140 Å². The van der Waals surface area contributed by atoms with Crippen molar-refractivity contribution >= 4 is 27.4 Å². The molecule has 1 heterocycles. The molecule has 1 atom stereocenters. The highest BCUT2D eigenvalue weighted by atomic mass is 16.3. The number of hydrogen-bond acceptors (Lipinski definition) is 2. The number of para-hydroxylation sites is 1. The number of anilines is 1. The lowest BCUT2D eigenvalue weighted by atomic mass is 9.97. The second kappa shape index (κ2) is 11.0. The molecule has 5 aromatic carbocycles. The third-order valence-corrected chi connectivity index (χ3v) is 7.35. The fraction of sp³-hybridized carbons (Fsp3) is 0.111. The first-order chi connectivity index (χ1) is 19.2. The Morgan fingerprint density at radius 1 is 0.692 bits per heavy atom. The Morgan fingerprint density at radius 2 is 1.31 bits per heavy atom. The first-order valence-electron chi connectivity index (χ1n) is 13.5. The molecule has 0 radical (unpaired) electrons. The van der Waals surface area contributed by atoms with Gasteiger partial charge in [-0.05, 0) is 28.6 Å². The number of hydrogen-bond donors (Lipinski definition) is 1. The number of rotatable bonds is 9. The molecule has 0 spiro atoms. The minimum Gasteiger partial charge on any atom is -0.389 e. The van der Waals surface area contributed by atoms with Gasteiger partial charge in [-0.1, -0.05) is 121 Å². The number of aromatic nitrogens is 1. The van der Waals surface area contributed by atoms with E-state index in [1.54, 1.807) is 0 Å².